The number of piperidine rings is 1. The SMILES string of the molecule is Cc1cccc(N2CCC(N3CCC(C=NC(=O)Cc4nc5c(C(F)(F)F)cccc5[nH]4)C3)CC2)c1. The highest BCUT2D eigenvalue weighted by Crippen LogP contribution is 2.34. The van der Waals surface area contributed by atoms with Crippen LogP contribution in [0.15, 0.2) is 47.5 Å². The van der Waals surface area contributed by atoms with E-state index in [4.69, 9.17) is 0 Å². The standard InChI is InChI=1S/C27H30F3N5O/c1-18-4-2-5-21(14-18)34-12-9-20(10-13-34)35-11-8-19(17-35)16-31-25(36)15-24-32-23-7-3-6-22(26(23)33-24)27(28,29)30/h2-7,14,16,19-20H,8-13,15,17H2,1H3,(H,32,33). The van der Waals surface area contributed by atoms with Gasteiger partial charge in [0.05, 0.1) is 17.5 Å². The number of nitrogens with one attached hydrogen (secondary N) is 1. The normalized spacial score (nSPS) is 20.1. The first-order valence-electron chi connectivity index (χ1n) is 12.4. The Labute approximate surface area is 208 Å². The molecule has 36 heavy (non-hydrogen) atoms. The third-order valence-corrected chi connectivity index (χ3v) is 7.22. The van der Waals surface area contributed by atoms with Gasteiger partial charge in [-0.15, -0.1) is 0 Å². The van der Waals surface area contributed by atoms with E-state index < -0.39 is 17.6 Å². The highest BCUT2D eigenvalue weighted by Gasteiger charge is 2.34. The largest absolute Gasteiger partial charge is 0.418 e. The van der Waals surface area contributed by atoms with Gasteiger partial charge in [-0.2, -0.15) is 13.2 Å². The molecule has 1 atom stereocenters. The summed E-state index contributed by atoms with van der Waals surface area (Å²) in [5.41, 5.74) is 1.84. The molecular formula is C27H30F3N5O. The molecule has 3 heterocycles. The fraction of sp³-hybridized carbons (Fsp3) is 0.444. The van der Waals surface area contributed by atoms with Crippen LogP contribution in [0.25, 0.3) is 11.0 Å². The van der Waals surface area contributed by atoms with Gasteiger partial charge in [0.25, 0.3) is 5.91 Å². The van der Waals surface area contributed by atoms with Crippen LogP contribution >= 0.6 is 0 Å². The smallest absolute Gasteiger partial charge is 0.371 e. The van der Waals surface area contributed by atoms with Gasteiger partial charge in [-0.05, 0) is 62.6 Å². The van der Waals surface area contributed by atoms with Gasteiger partial charge >= 0.3 is 6.18 Å². The number of imidazole rings is 1. The lowest BCUT2D eigenvalue weighted by molar-refractivity contribution is -0.136. The number of benzene rings is 2. The Kier molecular flexibility index (Phi) is 6.83. The lowest BCUT2D eigenvalue weighted by Crippen LogP contribution is -2.44. The lowest BCUT2D eigenvalue weighted by atomic mass is 10.0. The Balaban J connectivity index is 1.12. The van der Waals surface area contributed by atoms with E-state index in [0.717, 1.165) is 51.5 Å². The average molecular weight is 498 g/mol. The topological polar surface area (TPSA) is 64.6 Å². The molecule has 0 aliphatic carbocycles. The molecule has 0 bridgehead atoms. The van der Waals surface area contributed by atoms with Gasteiger partial charge in [-0.3, -0.25) is 9.69 Å². The predicted octanol–water partition coefficient (Wildman–Crippen LogP) is 5.02. The highest BCUT2D eigenvalue weighted by atomic mass is 19.4. The first-order valence-corrected chi connectivity index (χ1v) is 12.4. The van der Waals surface area contributed by atoms with Crippen molar-refractivity contribution < 1.29 is 18.0 Å². The summed E-state index contributed by atoms with van der Waals surface area (Å²) in [6.07, 6.45) is 0.240. The molecule has 190 valence electrons. The molecule has 1 aromatic heterocycles. The molecule has 2 aliphatic heterocycles. The summed E-state index contributed by atoms with van der Waals surface area (Å²) < 4.78 is 39.6. The molecule has 3 aromatic rings. The molecule has 2 aliphatic rings. The van der Waals surface area contributed by atoms with Crippen LogP contribution in [0, 0.1) is 12.8 Å². The number of fused-ring (bicyclic) bond motifs is 1. The van der Waals surface area contributed by atoms with E-state index in [0.29, 0.717) is 6.04 Å². The van der Waals surface area contributed by atoms with Crippen molar-refractivity contribution in [2.45, 2.75) is 44.8 Å². The van der Waals surface area contributed by atoms with Crippen molar-refractivity contribution in [2.24, 2.45) is 10.9 Å². The number of alkyl halides is 3. The number of aromatic amines is 1. The summed E-state index contributed by atoms with van der Waals surface area (Å²) >= 11 is 0. The molecule has 2 saturated heterocycles. The van der Waals surface area contributed by atoms with Gasteiger partial charge in [0, 0.05) is 43.5 Å². The van der Waals surface area contributed by atoms with Crippen molar-refractivity contribution in [1.29, 1.82) is 0 Å². The fourth-order valence-corrected chi connectivity index (χ4v) is 5.36. The molecule has 2 fully saturated rings. The number of carbonyl (C=O) groups excluding carboxylic acids is 1. The average Bonchev–Trinajstić information content (AvgIpc) is 3.49. The zero-order chi connectivity index (χ0) is 25.3. The number of hydrogen-bond donors (Lipinski definition) is 1. The molecule has 2 aromatic carbocycles. The Hall–Kier alpha value is -3.20. The Morgan fingerprint density at radius 3 is 2.67 bits per heavy atom. The van der Waals surface area contributed by atoms with E-state index in [-0.39, 0.29) is 29.2 Å². The van der Waals surface area contributed by atoms with Crippen molar-refractivity contribution in [3.63, 3.8) is 0 Å². The Bertz CT molecular complexity index is 1260. The number of likely N-dealkylation sites (tertiary alicyclic amines) is 1. The summed E-state index contributed by atoms with van der Waals surface area (Å²) in [7, 11) is 0. The summed E-state index contributed by atoms with van der Waals surface area (Å²) in [6, 6.07) is 13.0. The molecule has 9 heteroatoms. The minimum absolute atomic E-state index is 0.156. The molecule has 0 spiro atoms. The molecule has 0 saturated carbocycles. The number of rotatable bonds is 5. The number of para-hydroxylation sites is 1. The van der Waals surface area contributed by atoms with Gasteiger partial charge < -0.3 is 9.88 Å². The molecule has 6 nitrogen and oxygen atoms in total. The number of aryl methyl sites for hydroxylation is 1. The zero-order valence-corrected chi connectivity index (χ0v) is 20.3. The molecule has 0 radical (unpaired) electrons. The van der Waals surface area contributed by atoms with Gasteiger partial charge in [0.15, 0.2) is 0 Å². The second kappa shape index (κ2) is 10.0. The monoisotopic (exact) mass is 497 g/mol. The van der Waals surface area contributed by atoms with E-state index in [1.807, 2.05) is 0 Å². The molecule has 1 unspecified atom stereocenters. The number of amides is 1. The van der Waals surface area contributed by atoms with Crippen LogP contribution in [0.3, 0.4) is 0 Å². The predicted molar refractivity (Wildman–Crippen MR) is 134 cm³/mol. The van der Waals surface area contributed by atoms with Crippen LogP contribution in [0.4, 0.5) is 18.9 Å². The Morgan fingerprint density at radius 2 is 1.92 bits per heavy atom. The summed E-state index contributed by atoms with van der Waals surface area (Å²) in [6.45, 7) is 6.06. The van der Waals surface area contributed by atoms with Crippen LogP contribution in [-0.2, 0) is 17.4 Å². The van der Waals surface area contributed by atoms with Gasteiger partial charge in [0.2, 0.25) is 0 Å². The van der Waals surface area contributed by atoms with Crippen LogP contribution in [0.2, 0.25) is 0 Å². The summed E-state index contributed by atoms with van der Waals surface area (Å²) in [5.74, 6) is -0.0129. The number of carbonyl (C=O) groups is 1. The molecular weight excluding hydrogens is 467 g/mol. The molecule has 1 N–H and O–H groups in total. The van der Waals surface area contributed by atoms with E-state index in [9.17, 15) is 18.0 Å². The zero-order valence-electron chi connectivity index (χ0n) is 20.3. The maximum atomic E-state index is 13.2. The minimum atomic E-state index is -4.50. The third-order valence-electron chi connectivity index (χ3n) is 7.22. The van der Waals surface area contributed by atoms with Crippen LogP contribution < -0.4 is 4.90 Å². The number of nitrogens with zero attached hydrogens (tertiary/aromatic N) is 4. The Morgan fingerprint density at radius 1 is 1.14 bits per heavy atom. The quantitative estimate of drug-likeness (QED) is 0.503. The number of hydrogen-bond acceptors (Lipinski definition) is 4. The molecule has 5 rings (SSSR count). The summed E-state index contributed by atoms with van der Waals surface area (Å²) in [4.78, 5) is 28.3. The maximum Gasteiger partial charge on any atom is 0.418 e. The van der Waals surface area contributed by atoms with Gasteiger partial charge in [0.1, 0.15) is 11.3 Å². The van der Waals surface area contributed by atoms with Crippen molar-refractivity contribution in [1.82, 2.24) is 14.9 Å². The summed E-state index contributed by atoms with van der Waals surface area (Å²) in [5, 5.41) is 0. The van der Waals surface area contributed by atoms with Crippen LogP contribution in [0.1, 0.15) is 36.2 Å². The van der Waals surface area contributed by atoms with E-state index in [2.05, 4.69) is 55.9 Å². The maximum absolute atomic E-state index is 13.2. The van der Waals surface area contributed by atoms with Gasteiger partial charge in [-0.25, -0.2) is 9.98 Å². The minimum Gasteiger partial charge on any atom is -0.371 e. The van der Waals surface area contributed by atoms with Crippen LogP contribution in [0.5, 0.6) is 0 Å². The van der Waals surface area contributed by atoms with Crippen molar-refractivity contribution in [3.05, 3.63) is 59.4 Å². The lowest BCUT2D eigenvalue weighted by Gasteiger charge is -2.38. The fourth-order valence-electron chi connectivity index (χ4n) is 5.36. The van der Waals surface area contributed by atoms with Crippen LogP contribution in [-0.4, -0.2) is 59.2 Å². The number of halogens is 3. The number of anilines is 1. The second-order valence-electron chi connectivity index (χ2n) is 9.83. The van der Waals surface area contributed by atoms with Crippen molar-refractivity contribution >= 4 is 28.8 Å². The van der Waals surface area contributed by atoms with Crippen molar-refractivity contribution in [2.75, 3.05) is 31.1 Å². The first kappa shape index (κ1) is 24.5. The van der Waals surface area contributed by atoms with Gasteiger partial charge in [-0.1, -0.05) is 18.2 Å². The van der Waals surface area contributed by atoms with E-state index in [1.54, 1.807) is 6.21 Å². The molecule has 1 amide bonds. The highest BCUT2D eigenvalue weighted by molar-refractivity contribution is 5.88. The number of H-pyrrole nitrogens is 1. The van der Waals surface area contributed by atoms with E-state index in [1.165, 1.54) is 23.4 Å². The van der Waals surface area contributed by atoms with E-state index >= 15 is 0 Å². The second-order valence-corrected chi connectivity index (χ2v) is 9.83. The number of aromatic nitrogens is 2. The third kappa shape index (κ3) is 5.46. The first-order chi connectivity index (χ1) is 17.3. The van der Waals surface area contributed by atoms with Crippen molar-refractivity contribution in [3.8, 4) is 0 Å². The number of aliphatic imine (C=N–C) groups is 1.